The molecule has 1 aliphatic rings. The maximum Gasteiger partial charge on any atom is 0.233 e. The number of H-pyrrole nitrogens is 1. The number of nitrogens with one attached hydrogen (secondary N) is 1. The summed E-state index contributed by atoms with van der Waals surface area (Å²) in [5.74, 6) is 1.31. The van der Waals surface area contributed by atoms with Crippen LogP contribution in [0.1, 0.15) is 12.0 Å². The zero-order valence-electron chi connectivity index (χ0n) is 15.9. The molecule has 2 aromatic heterocycles. The van der Waals surface area contributed by atoms with Gasteiger partial charge in [0.15, 0.2) is 11.6 Å². The van der Waals surface area contributed by atoms with Crippen LogP contribution in [0.2, 0.25) is 0 Å². The van der Waals surface area contributed by atoms with Crippen molar-refractivity contribution in [2.75, 3.05) is 31.9 Å². The largest absolute Gasteiger partial charge is 0.461 e. The van der Waals surface area contributed by atoms with Gasteiger partial charge in [-0.1, -0.05) is 23.9 Å². The molecule has 152 valence electrons. The van der Waals surface area contributed by atoms with E-state index >= 15 is 0 Å². The molecule has 7 nitrogen and oxygen atoms in total. The fourth-order valence-corrected chi connectivity index (χ4v) is 4.03. The van der Waals surface area contributed by atoms with Crippen LogP contribution in [0.4, 0.5) is 4.39 Å². The van der Waals surface area contributed by atoms with Crippen molar-refractivity contribution >= 4 is 17.7 Å². The molecule has 4 rings (SSSR count). The highest BCUT2D eigenvalue weighted by Crippen LogP contribution is 2.20. The number of furan rings is 1. The summed E-state index contributed by atoms with van der Waals surface area (Å²) in [4.78, 5) is 21.1. The van der Waals surface area contributed by atoms with Gasteiger partial charge in [0.1, 0.15) is 5.82 Å². The second kappa shape index (κ2) is 9.23. The lowest BCUT2D eigenvalue weighted by Gasteiger charge is -2.22. The average molecular weight is 415 g/mol. The Morgan fingerprint density at radius 1 is 1.21 bits per heavy atom. The standard InChI is InChI=1S/C20H22FN5O2S/c21-16-5-1-4-15(12-16)13-25-7-3-8-26(10-9-25)18(27)14-29-20-22-19(23-24-20)17-6-2-11-28-17/h1-2,4-6,11-12H,3,7-10,13-14H2,(H,22,23,24). The van der Waals surface area contributed by atoms with Crippen LogP contribution in [-0.2, 0) is 11.3 Å². The highest BCUT2D eigenvalue weighted by molar-refractivity contribution is 7.99. The molecule has 1 aliphatic heterocycles. The van der Waals surface area contributed by atoms with E-state index in [-0.39, 0.29) is 11.7 Å². The van der Waals surface area contributed by atoms with Crippen LogP contribution in [-0.4, -0.2) is 62.8 Å². The molecular weight excluding hydrogens is 393 g/mol. The van der Waals surface area contributed by atoms with Gasteiger partial charge < -0.3 is 9.32 Å². The highest BCUT2D eigenvalue weighted by atomic mass is 32.2. The van der Waals surface area contributed by atoms with Gasteiger partial charge >= 0.3 is 0 Å². The number of hydrogen-bond acceptors (Lipinski definition) is 6. The maximum absolute atomic E-state index is 13.4. The van der Waals surface area contributed by atoms with Crippen LogP contribution in [0.15, 0.2) is 52.2 Å². The molecule has 1 aromatic carbocycles. The third-order valence-electron chi connectivity index (χ3n) is 4.78. The summed E-state index contributed by atoms with van der Waals surface area (Å²) in [6.45, 7) is 3.75. The van der Waals surface area contributed by atoms with Crippen LogP contribution in [0.25, 0.3) is 11.6 Å². The van der Waals surface area contributed by atoms with Gasteiger partial charge in [0, 0.05) is 32.7 Å². The zero-order chi connectivity index (χ0) is 20.1. The molecule has 0 bridgehead atoms. The lowest BCUT2D eigenvalue weighted by atomic mass is 10.2. The molecule has 0 aliphatic carbocycles. The lowest BCUT2D eigenvalue weighted by molar-refractivity contribution is -0.128. The molecule has 0 radical (unpaired) electrons. The SMILES string of the molecule is O=C(CSc1n[nH]c(-c2ccco2)n1)N1CCCN(Cc2cccc(F)c2)CC1. The summed E-state index contributed by atoms with van der Waals surface area (Å²) < 4.78 is 18.7. The van der Waals surface area contributed by atoms with E-state index in [2.05, 4.69) is 20.1 Å². The summed E-state index contributed by atoms with van der Waals surface area (Å²) in [7, 11) is 0. The van der Waals surface area contributed by atoms with Gasteiger partial charge in [-0.3, -0.25) is 14.8 Å². The van der Waals surface area contributed by atoms with Crippen molar-refractivity contribution in [2.45, 2.75) is 18.1 Å². The molecule has 3 aromatic rings. The first-order valence-electron chi connectivity index (χ1n) is 9.51. The van der Waals surface area contributed by atoms with E-state index in [4.69, 9.17) is 4.42 Å². The fraction of sp³-hybridized carbons (Fsp3) is 0.350. The molecule has 0 unspecified atom stereocenters. The van der Waals surface area contributed by atoms with Gasteiger partial charge in [-0.2, -0.15) is 4.98 Å². The minimum atomic E-state index is -0.215. The Bertz CT molecular complexity index is 946. The van der Waals surface area contributed by atoms with E-state index in [1.807, 2.05) is 11.0 Å². The first kappa shape index (κ1) is 19.7. The van der Waals surface area contributed by atoms with Crippen LogP contribution in [0.5, 0.6) is 0 Å². The summed E-state index contributed by atoms with van der Waals surface area (Å²) in [5.41, 5.74) is 0.956. The molecule has 1 N–H and O–H groups in total. The van der Waals surface area contributed by atoms with Gasteiger partial charge in [0.25, 0.3) is 0 Å². The third kappa shape index (κ3) is 5.24. The van der Waals surface area contributed by atoms with Crippen molar-refractivity contribution < 1.29 is 13.6 Å². The number of thioether (sulfide) groups is 1. The number of rotatable bonds is 6. The highest BCUT2D eigenvalue weighted by Gasteiger charge is 2.20. The second-order valence-electron chi connectivity index (χ2n) is 6.87. The van der Waals surface area contributed by atoms with E-state index in [0.29, 0.717) is 35.6 Å². The molecule has 0 spiro atoms. The Balaban J connectivity index is 1.26. The summed E-state index contributed by atoms with van der Waals surface area (Å²) in [6, 6.07) is 10.3. The van der Waals surface area contributed by atoms with Gasteiger partial charge in [-0.15, -0.1) is 5.10 Å². The molecule has 9 heteroatoms. The van der Waals surface area contributed by atoms with E-state index in [1.54, 1.807) is 30.5 Å². The molecule has 0 saturated carbocycles. The predicted octanol–water partition coefficient (Wildman–Crippen LogP) is 3.03. The summed E-state index contributed by atoms with van der Waals surface area (Å²) in [6.07, 6.45) is 2.47. The van der Waals surface area contributed by atoms with Crippen LogP contribution in [0, 0.1) is 5.82 Å². The van der Waals surface area contributed by atoms with Gasteiger partial charge in [0.2, 0.25) is 11.1 Å². The average Bonchev–Trinajstić information content (AvgIpc) is 3.35. The Hall–Kier alpha value is -2.65. The van der Waals surface area contributed by atoms with E-state index in [1.165, 1.54) is 17.8 Å². The van der Waals surface area contributed by atoms with Crippen molar-refractivity contribution in [1.82, 2.24) is 25.0 Å². The smallest absolute Gasteiger partial charge is 0.233 e. The minimum Gasteiger partial charge on any atom is -0.461 e. The molecule has 29 heavy (non-hydrogen) atoms. The topological polar surface area (TPSA) is 78.3 Å². The number of carbonyl (C=O) groups is 1. The number of halogens is 1. The van der Waals surface area contributed by atoms with Crippen molar-refractivity contribution in [2.24, 2.45) is 0 Å². The van der Waals surface area contributed by atoms with Gasteiger partial charge in [-0.05, 0) is 36.2 Å². The molecule has 1 fully saturated rings. The number of amides is 1. The number of benzene rings is 1. The van der Waals surface area contributed by atoms with Crippen molar-refractivity contribution in [3.63, 3.8) is 0 Å². The Morgan fingerprint density at radius 2 is 2.14 bits per heavy atom. The maximum atomic E-state index is 13.4. The molecule has 0 atom stereocenters. The van der Waals surface area contributed by atoms with Crippen molar-refractivity contribution in [3.8, 4) is 11.6 Å². The van der Waals surface area contributed by atoms with Crippen molar-refractivity contribution in [1.29, 1.82) is 0 Å². The zero-order valence-corrected chi connectivity index (χ0v) is 16.7. The number of aromatic amines is 1. The first-order chi connectivity index (χ1) is 14.2. The van der Waals surface area contributed by atoms with Gasteiger partial charge in [-0.25, -0.2) is 4.39 Å². The monoisotopic (exact) mass is 415 g/mol. The third-order valence-corrected chi connectivity index (χ3v) is 5.61. The normalized spacial score (nSPS) is 15.4. The Kier molecular flexibility index (Phi) is 6.26. The van der Waals surface area contributed by atoms with Gasteiger partial charge in [0.05, 0.1) is 12.0 Å². The van der Waals surface area contributed by atoms with E-state index < -0.39 is 0 Å². The summed E-state index contributed by atoms with van der Waals surface area (Å²) in [5, 5.41) is 7.47. The number of hydrogen-bond donors (Lipinski definition) is 1. The fourth-order valence-electron chi connectivity index (χ4n) is 3.32. The Morgan fingerprint density at radius 3 is 2.97 bits per heavy atom. The molecule has 3 heterocycles. The molecule has 1 saturated heterocycles. The van der Waals surface area contributed by atoms with E-state index in [0.717, 1.165) is 31.6 Å². The predicted molar refractivity (Wildman–Crippen MR) is 108 cm³/mol. The number of aromatic nitrogens is 3. The summed E-state index contributed by atoms with van der Waals surface area (Å²) >= 11 is 1.31. The van der Waals surface area contributed by atoms with Crippen molar-refractivity contribution in [3.05, 3.63) is 54.0 Å². The second-order valence-corrected chi connectivity index (χ2v) is 7.82. The molecule has 1 amide bonds. The quantitative estimate of drug-likeness (QED) is 0.624. The number of nitrogens with zero attached hydrogens (tertiary/aromatic N) is 4. The minimum absolute atomic E-state index is 0.0759. The Labute approximate surface area is 172 Å². The number of carbonyl (C=O) groups excluding carboxylic acids is 1. The van der Waals surface area contributed by atoms with Crippen LogP contribution < -0.4 is 0 Å². The first-order valence-corrected chi connectivity index (χ1v) is 10.5. The van der Waals surface area contributed by atoms with Crippen LogP contribution >= 0.6 is 11.8 Å². The molecular formula is C20H22FN5O2S. The lowest BCUT2D eigenvalue weighted by Crippen LogP contribution is -2.36. The van der Waals surface area contributed by atoms with E-state index in [9.17, 15) is 9.18 Å². The van der Waals surface area contributed by atoms with Crippen LogP contribution in [0.3, 0.4) is 0 Å².